The summed E-state index contributed by atoms with van der Waals surface area (Å²) in [7, 11) is 0. The van der Waals surface area contributed by atoms with E-state index in [0.717, 1.165) is 0 Å². The van der Waals surface area contributed by atoms with E-state index in [0.29, 0.717) is 5.56 Å². The molecule has 0 unspecified atom stereocenters. The van der Waals surface area contributed by atoms with Crippen molar-refractivity contribution >= 4 is 21.9 Å². The van der Waals surface area contributed by atoms with E-state index in [4.69, 9.17) is 9.63 Å². The van der Waals surface area contributed by atoms with Crippen molar-refractivity contribution in [3.8, 4) is 11.5 Å². The van der Waals surface area contributed by atoms with Crippen molar-refractivity contribution in [3.05, 3.63) is 34.3 Å². The lowest BCUT2D eigenvalue weighted by Crippen LogP contribution is -1.98. The molecule has 1 aromatic heterocycles. The van der Waals surface area contributed by atoms with Crippen LogP contribution in [0.1, 0.15) is 10.6 Å². The van der Waals surface area contributed by atoms with Gasteiger partial charge in [0.15, 0.2) is 0 Å². The number of benzene rings is 1. The average Bonchev–Trinajstić information content (AvgIpc) is 2.71. The molecule has 0 saturated heterocycles. The third kappa shape index (κ3) is 1.81. The van der Waals surface area contributed by atoms with E-state index < -0.39 is 17.6 Å². The van der Waals surface area contributed by atoms with Crippen molar-refractivity contribution in [2.75, 3.05) is 0 Å². The maximum atomic E-state index is 13.2. The standard InChI is InChI=1S/C9H4BrFN2O3/c10-6-4(2-1-3-5(6)11)8-12-7(9(14)15)13-16-8/h1-3H,(H,14,15). The third-order valence-corrected chi connectivity index (χ3v) is 2.61. The van der Waals surface area contributed by atoms with Crippen LogP contribution in [0.5, 0.6) is 0 Å². The minimum Gasteiger partial charge on any atom is -0.475 e. The third-order valence-electron chi connectivity index (χ3n) is 1.80. The van der Waals surface area contributed by atoms with Gasteiger partial charge in [-0.25, -0.2) is 9.18 Å². The van der Waals surface area contributed by atoms with Gasteiger partial charge < -0.3 is 9.63 Å². The second-order valence-electron chi connectivity index (χ2n) is 2.83. The van der Waals surface area contributed by atoms with E-state index in [1.807, 2.05) is 0 Å². The fraction of sp³-hybridized carbons (Fsp3) is 0. The van der Waals surface area contributed by atoms with E-state index in [2.05, 4.69) is 26.1 Å². The molecule has 0 amide bonds. The molecule has 0 aliphatic carbocycles. The average molecular weight is 287 g/mol. The van der Waals surface area contributed by atoms with Crippen molar-refractivity contribution in [2.24, 2.45) is 0 Å². The number of nitrogens with zero attached hydrogens (tertiary/aromatic N) is 2. The van der Waals surface area contributed by atoms with E-state index in [1.165, 1.54) is 18.2 Å². The molecular formula is C9H4BrFN2O3. The molecule has 0 aliphatic rings. The summed E-state index contributed by atoms with van der Waals surface area (Å²) in [6.07, 6.45) is 0. The molecule has 16 heavy (non-hydrogen) atoms. The molecular weight excluding hydrogens is 283 g/mol. The molecule has 0 spiro atoms. The van der Waals surface area contributed by atoms with E-state index in [9.17, 15) is 9.18 Å². The van der Waals surface area contributed by atoms with Crippen LogP contribution in [0.25, 0.3) is 11.5 Å². The largest absolute Gasteiger partial charge is 0.475 e. The Hall–Kier alpha value is -1.76. The highest BCUT2D eigenvalue weighted by Crippen LogP contribution is 2.28. The second kappa shape index (κ2) is 4.01. The summed E-state index contributed by atoms with van der Waals surface area (Å²) in [5, 5.41) is 11.8. The summed E-state index contributed by atoms with van der Waals surface area (Å²) in [6, 6.07) is 4.24. The predicted octanol–water partition coefficient (Wildman–Crippen LogP) is 2.34. The van der Waals surface area contributed by atoms with Crippen LogP contribution >= 0.6 is 15.9 Å². The number of halogens is 2. The molecule has 0 atom stereocenters. The Morgan fingerprint density at radius 1 is 1.50 bits per heavy atom. The number of carboxylic acid groups (broad SMARTS) is 1. The maximum absolute atomic E-state index is 13.2. The van der Waals surface area contributed by atoms with Crippen LogP contribution in [0, 0.1) is 5.82 Å². The smallest absolute Gasteiger partial charge is 0.377 e. The van der Waals surface area contributed by atoms with Gasteiger partial charge in [-0.1, -0.05) is 6.07 Å². The first kappa shape index (κ1) is 10.7. The molecule has 2 rings (SSSR count). The molecule has 1 aromatic carbocycles. The summed E-state index contributed by atoms with van der Waals surface area (Å²) >= 11 is 3.01. The van der Waals surface area contributed by atoms with Gasteiger partial charge >= 0.3 is 5.97 Å². The molecule has 1 heterocycles. The van der Waals surface area contributed by atoms with Gasteiger partial charge in [-0.2, -0.15) is 4.98 Å². The highest BCUT2D eigenvalue weighted by Gasteiger charge is 2.17. The molecule has 0 aliphatic heterocycles. The summed E-state index contributed by atoms with van der Waals surface area (Å²) < 4.78 is 18.0. The zero-order valence-electron chi connectivity index (χ0n) is 7.65. The van der Waals surface area contributed by atoms with Crippen LogP contribution in [0.2, 0.25) is 0 Å². The molecule has 5 nitrogen and oxygen atoms in total. The van der Waals surface area contributed by atoms with Crippen molar-refractivity contribution in [1.29, 1.82) is 0 Å². The molecule has 0 saturated carbocycles. The van der Waals surface area contributed by atoms with Gasteiger partial charge in [0.1, 0.15) is 5.82 Å². The summed E-state index contributed by atoms with van der Waals surface area (Å²) in [4.78, 5) is 14.1. The predicted molar refractivity (Wildman–Crippen MR) is 54.4 cm³/mol. The van der Waals surface area contributed by atoms with Gasteiger partial charge in [-0.05, 0) is 33.2 Å². The number of carboxylic acids is 1. The van der Waals surface area contributed by atoms with Crippen LogP contribution in [0.3, 0.4) is 0 Å². The Morgan fingerprint density at radius 2 is 2.25 bits per heavy atom. The number of aromatic carboxylic acids is 1. The lowest BCUT2D eigenvalue weighted by molar-refractivity contribution is 0.0680. The minimum atomic E-state index is -1.30. The summed E-state index contributed by atoms with van der Waals surface area (Å²) in [5.41, 5.74) is 0.306. The van der Waals surface area contributed by atoms with Gasteiger partial charge in [0.2, 0.25) is 0 Å². The Kier molecular flexibility index (Phi) is 2.69. The number of hydrogen-bond donors (Lipinski definition) is 1. The van der Waals surface area contributed by atoms with Gasteiger partial charge in [0, 0.05) is 0 Å². The Morgan fingerprint density at radius 3 is 2.88 bits per heavy atom. The maximum Gasteiger partial charge on any atom is 0.377 e. The lowest BCUT2D eigenvalue weighted by Gasteiger charge is -1.98. The fourth-order valence-electron chi connectivity index (χ4n) is 1.09. The zero-order chi connectivity index (χ0) is 11.7. The van der Waals surface area contributed by atoms with Gasteiger partial charge in [-0.15, -0.1) is 0 Å². The first-order valence-electron chi connectivity index (χ1n) is 4.11. The van der Waals surface area contributed by atoms with Crippen LogP contribution in [-0.4, -0.2) is 21.2 Å². The number of carbonyl (C=O) groups is 1. The molecule has 0 fully saturated rings. The topological polar surface area (TPSA) is 76.2 Å². The Bertz CT molecular complexity index is 555. The number of rotatable bonds is 2. The minimum absolute atomic E-state index is 0.0521. The monoisotopic (exact) mass is 286 g/mol. The fourth-order valence-corrected chi connectivity index (χ4v) is 1.52. The van der Waals surface area contributed by atoms with Crippen molar-refractivity contribution in [1.82, 2.24) is 10.1 Å². The normalized spacial score (nSPS) is 10.4. The molecule has 7 heteroatoms. The Balaban J connectivity index is 2.50. The molecule has 2 aromatic rings. The van der Waals surface area contributed by atoms with Crippen molar-refractivity contribution in [2.45, 2.75) is 0 Å². The van der Waals surface area contributed by atoms with Crippen LogP contribution in [0.15, 0.2) is 27.2 Å². The first-order chi connectivity index (χ1) is 7.59. The van der Waals surface area contributed by atoms with Crippen molar-refractivity contribution < 1.29 is 18.8 Å². The highest BCUT2D eigenvalue weighted by atomic mass is 79.9. The quantitative estimate of drug-likeness (QED) is 0.917. The summed E-state index contributed by atoms with van der Waals surface area (Å²) in [5.74, 6) is -2.31. The van der Waals surface area contributed by atoms with E-state index in [1.54, 1.807) is 0 Å². The number of aromatic nitrogens is 2. The zero-order valence-corrected chi connectivity index (χ0v) is 9.23. The Labute approximate surface area is 97.0 Å². The van der Waals surface area contributed by atoms with E-state index >= 15 is 0 Å². The first-order valence-corrected chi connectivity index (χ1v) is 4.90. The molecule has 0 bridgehead atoms. The van der Waals surface area contributed by atoms with Crippen LogP contribution < -0.4 is 0 Å². The highest BCUT2D eigenvalue weighted by molar-refractivity contribution is 9.10. The SMILES string of the molecule is O=C(O)c1noc(-c2cccc(F)c2Br)n1. The van der Waals surface area contributed by atoms with Crippen LogP contribution in [0.4, 0.5) is 4.39 Å². The second-order valence-corrected chi connectivity index (χ2v) is 3.62. The molecule has 0 radical (unpaired) electrons. The van der Waals surface area contributed by atoms with Gasteiger partial charge in [0.05, 0.1) is 10.0 Å². The summed E-state index contributed by atoms with van der Waals surface area (Å²) in [6.45, 7) is 0. The van der Waals surface area contributed by atoms with Crippen molar-refractivity contribution in [3.63, 3.8) is 0 Å². The number of hydrogen-bond acceptors (Lipinski definition) is 4. The van der Waals surface area contributed by atoms with Gasteiger partial charge in [-0.3, -0.25) is 0 Å². The molecule has 1 N–H and O–H groups in total. The lowest BCUT2D eigenvalue weighted by atomic mass is 10.2. The van der Waals surface area contributed by atoms with Gasteiger partial charge in [0.25, 0.3) is 11.7 Å². The van der Waals surface area contributed by atoms with E-state index in [-0.39, 0.29) is 10.4 Å². The van der Waals surface area contributed by atoms with Crippen LogP contribution in [-0.2, 0) is 0 Å². The molecule has 82 valence electrons.